The van der Waals surface area contributed by atoms with Gasteiger partial charge in [0.1, 0.15) is 5.75 Å². The van der Waals surface area contributed by atoms with Crippen molar-refractivity contribution in [3.8, 4) is 5.75 Å². The quantitative estimate of drug-likeness (QED) is 0.747. The fourth-order valence-corrected chi connectivity index (χ4v) is 2.53. The highest BCUT2D eigenvalue weighted by Crippen LogP contribution is 2.13. The summed E-state index contributed by atoms with van der Waals surface area (Å²) in [6.45, 7) is 9.90. The first kappa shape index (κ1) is 18.5. The van der Waals surface area contributed by atoms with Gasteiger partial charge in [-0.1, -0.05) is 36.4 Å². The van der Waals surface area contributed by atoms with Gasteiger partial charge in [0.2, 0.25) is 0 Å². The maximum absolute atomic E-state index is 5.47. The molecular weight excluding hydrogens is 296 g/mol. The molecule has 0 fully saturated rings. The van der Waals surface area contributed by atoms with E-state index in [1.807, 2.05) is 19.1 Å². The van der Waals surface area contributed by atoms with E-state index in [9.17, 15) is 0 Å². The maximum Gasteiger partial charge on any atom is 0.119 e. The fraction of sp³-hybridized carbons (Fsp3) is 0.429. The third-order valence-corrected chi connectivity index (χ3v) is 4.20. The van der Waals surface area contributed by atoms with Crippen LogP contribution >= 0.6 is 0 Å². The van der Waals surface area contributed by atoms with E-state index in [2.05, 4.69) is 67.5 Å². The van der Waals surface area contributed by atoms with E-state index in [0.717, 1.165) is 25.4 Å². The first-order chi connectivity index (χ1) is 11.6. The summed E-state index contributed by atoms with van der Waals surface area (Å²) in [5.41, 5.74) is 3.97. The molecule has 0 spiro atoms. The lowest BCUT2D eigenvalue weighted by molar-refractivity contribution is 0.266. The zero-order valence-electron chi connectivity index (χ0n) is 15.4. The third-order valence-electron chi connectivity index (χ3n) is 4.20. The number of benzene rings is 2. The molecule has 0 heterocycles. The number of nitrogens with zero attached hydrogens (tertiary/aromatic N) is 1. The molecule has 0 unspecified atom stereocenters. The number of hydrogen-bond acceptors (Lipinski definition) is 3. The van der Waals surface area contributed by atoms with Gasteiger partial charge in [0, 0.05) is 25.7 Å². The summed E-state index contributed by atoms with van der Waals surface area (Å²) in [5, 5.41) is 3.52. The molecule has 1 N–H and O–H groups in total. The number of hydrogen-bond donors (Lipinski definition) is 1. The van der Waals surface area contributed by atoms with E-state index in [4.69, 9.17) is 4.74 Å². The molecule has 0 atom stereocenters. The van der Waals surface area contributed by atoms with Crippen molar-refractivity contribution in [3.63, 3.8) is 0 Å². The minimum absolute atomic E-state index is 0.562. The van der Waals surface area contributed by atoms with Gasteiger partial charge in [-0.2, -0.15) is 0 Å². The number of rotatable bonds is 9. The minimum Gasteiger partial charge on any atom is -0.494 e. The van der Waals surface area contributed by atoms with Crippen LogP contribution in [0, 0.1) is 0 Å². The van der Waals surface area contributed by atoms with Gasteiger partial charge in [0.05, 0.1) is 6.61 Å². The zero-order chi connectivity index (χ0) is 17.4. The Labute approximate surface area is 146 Å². The Bertz CT molecular complexity index is 607. The predicted molar refractivity (Wildman–Crippen MR) is 101 cm³/mol. The van der Waals surface area contributed by atoms with Crippen LogP contribution in [0.25, 0.3) is 0 Å². The monoisotopic (exact) mass is 326 g/mol. The van der Waals surface area contributed by atoms with Gasteiger partial charge in [-0.25, -0.2) is 0 Å². The van der Waals surface area contributed by atoms with E-state index in [1.165, 1.54) is 16.7 Å². The lowest BCUT2D eigenvalue weighted by atomic mass is 10.1. The summed E-state index contributed by atoms with van der Waals surface area (Å²) in [6.07, 6.45) is 0. The normalized spacial score (nSPS) is 11.2. The molecular formula is C21H30N2O. The molecule has 0 amide bonds. The summed E-state index contributed by atoms with van der Waals surface area (Å²) in [7, 11) is 2.17. The van der Waals surface area contributed by atoms with Crippen LogP contribution in [0.2, 0.25) is 0 Å². The van der Waals surface area contributed by atoms with Crippen molar-refractivity contribution in [2.75, 3.05) is 13.7 Å². The smallest absolute Gasteiger partial charge is 0.119 e. The third kappa shape index (κ3) is 5.99. The Morgan fingerprint density at radius 2 is 1.62 bits per heavy atom. The lowest BCUT2D eigenvalue weighted by Crippen LogP contribution is -2.25. The van der Waals surface area contributed by atoms with Crippen LogP contribution in [-0.4, -0.2) is 24.6 Å². The topological polar surface area (TPSA) is 24.5 Å². The number of ether oxygens (including phenoxy) is 1. The molecule has 2 aromatic carbocycles. The highest BCUT2D eigenvalue weighted by molar-refractivity contribution is 5.27. The summed E-state index contributed by atoms with van der Waals surface area (Å²) in [6, 6.07) is 17.7. The minimum atomic E-state index is 0.562. The van der Waals surface area contributed by atoms with Gasteiger partial charge >= 0.3 is 0 Å². The van der Waals surface area contributed by atoms with Crippen molar-refractivity contribution in [1.82, 2.24) is 10.2 Å². The second-order valence-electron chi connectivity index (χ2n) is 6.51. The molecule has 0 aliphatic heterocycles. The molecule has 3 nitrogen and oxygen atoms in total. The second-order valence-corrected chi connectivity index (χ2v) is 6.51. The summed E-state index contributed by atoms with van der Waals surface area (Å²) < 4.78 is 5.47. The highest BCUT2D eigenvalue weighted by Gasteiger charge is 2.04. The van der Waals surface area contributed by atoms with Crippen LogP contribution in [0.1, 0.15) is 37.5 Å². The highest BCUT2D eigenvalue weighted by atomic mass is 16.5. The first-order valence-corrected chi connectivity index (χ1v) is 8.79. The van der Waals surface area contributed by atoms with Gasteiger partial charge in [-0.3, -0.25) is 4.90 Å². The molecule has 0 aliphatic rings. The first-order valence-electron chi connectivity index (χ1n) is 8.79. The van der Waals surface area contributed by atoms with Crippen LogP contribution in [0.15, 0.2) is 48.5 Å². The van der Waals surface area contributed by atoms with Crippen LogP contribution in [0.5, 0.6) is 5.75 Å². The average Bonchev–Trinajstić information content (AvgIpc) is 2.57. The van der Waals surface area contributed by atoms with Crippen molar-refractivity contribution in [1.29, 1.82) is 0 Å². The molecule has 0 saturated heterocycles. The summed E-state index contributed by atoms with van der Waals surface area (Å²) in [4.78, 5) is 2.35. The molecule has 2 rings (SSSR count). The van der Waals surface area contributed by atoms with Gasteiger partial charge in [-0.05, 0) is 56.6 Å². The fourth-order valence-electron chi connectivity index (χ4n) is 2.53. The van der Waals surface area contributed by atoms with Crippen molar-refractivity contribution in [2.24, 2.45) is 0 Å². The summed E-state index contributed by atoms with van der Waals surface area (Å²) >= 11 is 0. The molecule has 130 valence electrons. The van der Waals surface area contributed by atoms with Crippen molar-refractivity contribution in [2.45, 2.75) is 46.4 Å². The Morgan fingerprint density at radius 1 is 0.958 bits per heavy atom. The molecule has 0 bridgehead atoms. The maximum atomic E-state index is 5.47. The van der Waals surface area contributed by atoms with Crippen LogP contribution in [0.3, 0.4) is 0 Å². The average molecular weight is 326 g/mol. The molecule has 24 heavy (non-hydrogen) atoms. The molecule has 2 aromatic rings. The summed E-state index contributed by atoms with van der Waals surface area (Å²) in [5.74, 6) is 0.934. The van der Waals surface area contributed by atoms with E-state index < -0.39 is 0 Å². The predicted octanol–water partition coefficient (Wildman–Crippen LogP) is 4.22. The largest absolute Gasteiger partial charge is 0.494 e. The van der Waals surface area contributed by atoms with Crippen LogP contribution < -0.4 is 10.1 Å². The lowest BCUT2D eigenvalue weighted by Gasteiger charge is -2.21. The zero-order valence-corrected chi connectivity index (χ0v) is 15.4. The second kappa shape index (κ2) is 9.45. The Balaban J connectivity index is 1.83. The van der Waals surface area contributed by atoms with Crippen molar-refractivity contribution >= 4 is 0 Å². The Kier molecular flexibility index (Phi) is 7.29. The molecule has 0 aromatic heterocycles. The van der Waals surface area contributed by atoms with Gasteiger partial charge in [0.15, 0.2) is 0 Å². The molecule has 3 heteroatoms. The van der Waals surface area contributed by atoms with E-state index in [-0.39, 0.29) is 0 Å². The Hall–Kier alpha value is -1.84. The molecule has 0 aliphatic carbocycles. The van der Waals surface area contributed by atoms with E-state index in [1.54, 1.807) is 0 Å². The molecule has 0 radical (unpaired) electrons. The van der Waals surface area contributed by atoms with Gasteiger partial charge in [-0.15, -0.1) is 0 Å². The SMILES string of the molecule is CCOc1ccc(CNCc2cccc(CN(C)C(C)C)c2)cc1. The van der Waals surface area contributed by atoms with E-state index >= 15 is 0 Å². The van der Waals surface area contributed by atoms with Gasteiger partial charge < -0.3 is 10.1 Å². The van der Waals surface area contributed by atoms with Crippen molar-refractivity contribution < 1.29 is 4.74 Å². The molecule has 0 saturated carbocycles. The standard InChI is InChI=1S/C21H30N2O/c1-5-24-21-11-9-18(10-12-21)14-22-15-19-7-6-8-20(13-19)16-23(4)17(2)3/h6-13,17,22H,5,14-16H2,1-4H3. The van der Waals surface area contributed by atoms with Crippen LogP contribution in [-0.2, 0) is 19.6 Å². The van der Waals surface area contributed by atoms with Gasteiger partial charge in [0.25, 0.3) is 0 Å². The van der Waals surface area contributed by atoms with Crippen molar-refractivity contribution in [3.05, 3.63) is 65.2 Å². The Morgan fingerprint density at radius 3 is 2.29 bits per heavy atom. The van der Waals surface area contributed by atoms with Crippen LogP contribution in [0.4, 0.5) is 0 Å². The van der Waals surface area contributed by atoms with E-state index in [0.29, 0.717) is 12.6 Å². The number of nitrogens with one attached hydrogen (secondary N) is 1.